The lowest BCUT2D eigenvalue weighted by Crippen LogP contribution is -2.31. The lowest BCUT2D eigenvalue weighted by atomic mass is 10.0. The molecule has 0 unspecified atom stereocenters. The third kappa shape index (κ3) is 2.40. The predicted molar refractivity (Wildman–Crippen MR) is 71.1 cm³/mol. The van der Waals surface area contributed by atoms with Crippen LogP contribution in [0.1, 0.15) is 12.5 Å². The predicted octanol–water partition coefficient (Wildman–Crippen LogP) is 2.39. The maximum atomic E-state index is 11.6. The monoisotopic (exact) mass is 241 g/mol. The number of ketones is 1. The number of nitrogens with zero attached hydrogens (tertiary/aromatic N) is 1. The minimum atomic E-state index is -0.456. The third-order valence-corrected chi connectivity index (χ3v) is 2.94. The van der Waals surface area contributed by atoms with Crippen LogP contribution in [0.5, 0.6) is 0 Å². The van der Waals surface area contributed by atoms with Crippen molar-refractivity contribution in [3.8, 4) is 0 Å². The van der Waals surface area contributed by atoms with Crippen molar-refractivity contribution in [2.24, 2.45) is 0 Å². The highest BCUT2D eigenvalue weighted by molar-refractivity contribution is 6.34. The largest absolute Gasteiger partial charge is 0.335 e. The first-order valence-electron chi connectivity index (χ1n) is 5.82. The van der Waals surface area contributed by atoms with E-state index >= 15 is 0 Å². The van der Waals surface area contributed by atoms with Crippen LogP contribution in [0.15, 0.2) is 42.5 Å². The Hall–Kier alpha value is -2.16. The molecule has 0 aliphatic rings. The number of rotatable bonds is 3. The molecule has 2 rings (SSSR count). The summed E-state index contributed by atoms with van der Waals surface area (Å²) in [6.45, 7) is 1.74. The summed E-state index contributed by atoms with van der Waals surface area (Å²) in [7, 11) is 1.64. The van der Waals surface area contributed by atoms with Crippen LogP contribution in [0.25, 0.3) is 10.8 Å². The van der Waals surface area contributed by atoms with Gasteiger partial charge in [-0.05, 0) is 16.3 Å². The van der Waals surface area contributed by atoms with E-state index in [1.807, 2.05) is 42.5 Å². The lowest BCUT2D eigenvalue weighted by Gasteiger charge is -2.16. The molecule has 0 aliphatic heterocycles. The van der Waals surface area contributed by atoms with Crippen LogP contribution in [0.4, 0.5) is 0 Å². The molecule has 0 atom stereocenters. The van der Waals surface area contributed by atoms with E-state index in [2.05, 4.69) is 0 Å². The van der Waals surface area contributed by atoms with Crippen LogP contribution in [0.2, 0.25) is 0 Å². The maximum Gasteiger partial charge on any atom is 0.289 e. The van der Waals surface area contributed by atoms with Gasteiger partial charge in [-0.3, -0.25) is 9.59 Å². The van der Waals surface area contributed by atoms with Crippen LogP contribution in [-0.4, -0.2) is 23.6 Å². The van der Waals surface area contributed by atoms with Gasteiger partial charge in [0.1, 0.15) is 0 Å². The molecule has 3 heteroatoms. The van der Waals surface area contributed by atoms with E-state index in [0.717, 1.165) is 16.3 Å². The molecule has 2 aromatic carbocycles. The number of amides is 1. The SMILES string of the molecule is CC(=O)C(=O)N(C)Cc1cccc2ccccc12. The molecule has 0 spiro atoms. The molecule has 0 N–H and O–H groups in total. The van der Waals surface area contributed by atoms with Crippen LogP contribution < -0.4 is 0 Å². The van der Waals surface area contributed by atoms with Crippen molar-refractivity contribution < 1.29 is 9.59 Å². The van der Waals surface area contributed by atoms with Crippen LogP contribution in [0, 0.1) is 0 Å². The Morgan fingerprint density at radius 2 is 1.72 bits per heavy atom. The fourth-order valence-electron chi connectivity index (χ4n) is 2.03. The van der Waals surface area contributed by atoms with E-state index in [-0.39, 0.29) is 0 Å². The number of benzene rings is 2. The van der Waals surface area contributed by atoms with E-state index in [4.69, 9.17) is 0 Å². The Morgan fingerprint density at radius 3 is 2.44 bits per heavy atom. The Bertz CT molecular complexity index is 599. The molecule has 1 amide bonds. The molecule has 0 aromatic heterocycles. The number of Topliss-reactive ketones (excluding diaryl/α,β-unsaturated/α-hetero) is 1. The smallest absolute Gasteiger partial charge is 0.289 e. The molecule has 92 valence electrons. The van der Waals surface area contributed by atoms with Gasteiger partial charge in [0.2, 0.25) is 5.78 Å². The number of carbonyl (C=O) groups is 2. The zero-order valence-electron chi connectivity index (χ0n) is 10.5. The van der Waals surface area contributed by atoms with Gasteiger partial charge in [-0.15, -0.1) is 0 Å². The fraction of sp³-hybridized carbons (Fsp3) is 0.200. The highest BCUT2D eigenvalue weighted by atomic mass is 16.2. The maximum absolute atomic E-state index is 11.6. The molecular formula is C15H15NO2. The van der Waals surface area contributed by atoms with Gasteiger partial charge in [0.05, 0.1) is 0 Å². The molecular weight excluding hydrogens is 226 g/mol. The molecule has 2 aromatic rings. The van der Waals surface area contributed by atoms with E-state index < -0.39 is 11.7 Å². The minimum absolute atomic E-state index is 0.433. The zero-order chi connectivity index (χ0) is 13.1. The zero-order valence-corrected chi connectivity index (χ0v) is 10.5. The summed E-state index contributed by atoms with van der Waals surface area (Å²) in [4.78, 5) is 24.1. The first kappa shape index (κ1) is 12.3. The average molecular weight is 241 g/mol. The van der Waals surface area contributed by atoms with Crippen molar-refractivity contribution in [3.63, 3.8) is 0 Å². The van der Waals surface area contributed by atoms with Crippen LogP contribution >= 0.6 is 0 Å². The van der Waals surface area contributed by atoms with Gasteiger partial charge in [-0.2, -0.15) is 0 Å². The molecule has 0 heterocycles. The first-order chi connectivity index (χ1) is 8.59. The first-order valence-corrected chi connectivity index (χ1v) is 5.82. The molecule has 0 aliphatic carbocycles. The van der Waals surface area contributed by atoms with Crippen molar-refractivity contribution in [3.05, 3.63) is 48.0 Å². The van der Waals surface area contributed by atoms with E-state index in [1.165, 1.54) is 11.8 Å². The number of likely N-dealkylation sites (N-methyl/N-ethyl adjacent to an activating group) is 1. The van der Waals surface area contributed by atoms with Crippen molar-refractivity contribution in [2.45, 2.75) is 13.5 Å². The number of fused-ring (bicyclic) bond motifs is 1. The topological polar surface area (TPSA) is 37.4 Å². The van der Waals surface area contributed by atoms with Gasteiger partial charge in [0.15, 0.2) is 0 Å². The molecule has 0 fully saturated rings. The second-order valence-corrected chi connectivity index (χ2v) is 4.36. The highest BCUT2D eigenvalue weighted by Crippen LogP contribution is 2.19. The third-order valence-electron chi connectivity index (χ3n) is 2.94. The second kappa shape index (κ2) is 5.00. The van der Waals surface area contributed by atoms with Crippen molar-refractivity contribution >= 4 is 22.5 Å². The summed E-state index contributed by atoms with van der Waals surface area (Å²) >= 11 is 0. The molecule has 18 heavy (non-hydrogen) atoms. The fourth-order valence-corrected chi connectivity index (χ4v) is 2.03. The van der Waals surface area contributed by atoms with Crippen LogP contribution in [-0.2, 0) is 16.1 Å². The summed E-state index contributed by atoms with van der Waals surface area (Å²) in [6, 6.07) is 14.0. The van der Waals surface area contributed by atoms with Crippen molar-refractivity contribution in [2.75, 3.05) is 7.05 Å². The number of hydrogen-bond donors (Lipinski definition) is 0. The molecule has 0 saturated carbocycles. The van der Waals surface area contributed by atoms with E-state index in [1.54, 1.807) is 7.05 Å². The Labute approximate surface area is 106 Å². The summed E-state index contributed by atoms with van der Waals surface area (Å²) in [5.74, 6) is -0.888. The number of hydrogen-bond acceptors (Lipinski definition) is 2. The normalized spacial score (nSPS) is 10.3. The average Bonchev–Trinajstić information content (AvgIpc) is 2.38. The Kier molecular flexibility index (Phi) is 3.42. The number of carbonyl (C=O) groups excluding carboxylic acids is 2. The van der Waals surface area contributed by atoms with Gasteiger partial charge in [-0.1, -0.05) is 42.5 Å². The molecule has 3 nitrogen and oxygen atoms in total. The lowest BCUT2D eigenvalue weighted by molar-refractivity contribution is -0.143. The summed E-state index contributed by atoms with van der Waals surface area (Å²) < 4.78 is 0. The van der Waals surface area contributed by atoms with Gasteiger partial charge in [0.25, 0.3) is 5.91 Å². The van der Waals surface area contributed by atoms with Gasteiger partial charge < -0.3 is 4.90 Å². The highest BCUT2D eigenvalue weighted by Gasteiger charge is 2.14. The quantitative estimate of drug-likeness (QED) is 0.774. The second-order valence-electron chi connectivity index (χ2n) is 4.36. The molecule has 0 bridgehead atoms. The van der Waals surface area contributed by atoms with E-state index in [0.29, 0.717) is 6.54 Å². The minimum Gasteiger partial charge on any atom is -0.335 e. The Morgan fingerprint density at radius 1 is 1.06 bits per heavy atom. The van der Waals surface area contributed by atoms with Crippen LogP contribution in [0.3, 0.4) is 0 Å². The van der Waals surface area contributed by atoms with E-state index in [9.17, 15) is 9.59 Å². The van der Waals surface area contributed by atoms with Gasteiger partial charge >= 0.3 is 0 Å². The summed E-state index contributed by atoms with van der Waals surface area (Å²) in [5, 5.41) is 2.25. The van der Waals surface area contributed by atoms with Crippen molar-refractivity contribution in [1.29, 1.82) is 0 Å². The summed E-state index contributed by atoms with van der Waals surface area (Å²) in [5.41, 5.74) is 1.05. The standard InChI is InChI=1S/C15H15NO2/c1-11(17)15(18)16(2)10-13-8-5-7-12-6-3-4-9-14(12)13/h3-9H,10H2,1-2H3. The van der Waals surface area contributed by atoms with Gasteiger partial charge in [0, 0.05) is 20.5 Å². The molecule has 0 saturated heterocycles. The Balaban J connectivity index is 2.32. The molecule has 0 radical (unpaired) electrons. The van der Waals surface area contributed by atoms with Gasteiger partial charge in [-0.25, -0.2) is 0 Å². The summed E-state index contributed by atoms with van der Waals surface area (Å²) in [6.07, 6.45) is 0. The van der Waals surface area contributed by atoms with Crippen molar-refractivity contribution in [1.82, 2.24) is 4.90 Å².